The van der Waals surface area contributed by atoms with Gasteiger partial charge in [0.15, 0.2) is 0 Å². The van der Waals surface area contributed by atoms with Gasteiger partial charge in [-0.3, -0.25) is 0 Å². The Kier molecular flexibility index (Phi) is 4.54. The monoisotopic (exact) mass is 382 g/mol. The van der Waals surface area contributed by atoms with Crippen LogP contribution in [0, 0.1) is 0 Å². The molecule has 0 aromatic carbocycles. The first-order valence-electron chi connectivity index (χ1n) is 9.00. The first kappa shape index (κ1) is 17.6. The second-order valence-electron chi connectivity index (χ2n) is 7.13. The van der Waals surface area contributed by atoms with Gasteiger partial charge in [0.05, 0.1) is 5.39 Å². The van der Waals surface area contributed by atoms with Crippen molar-refractivity contribution in [2.24, 2.45) is 0 Å². The van der Waals surface area contributed by atoms with Crippen LogP contribution in [0.25, 0.3) is 10.2 Å². The summed E-state index contributed by atoms with van der Waals surface area (Å²) in [5.74, 6) is -5.85. The number of nitrogens with zero attached hydrogens (tertiary/aromatic N) is 2. The summed E-state index contributed by atoms with van der Waals surface area (Å²) in [7, 11) is 0. The summed E-state index contributed by atoms with van der Waals surface area (Å²) < 4.78 is 33.8. The number of aryl methyl sites for hydroxylation is 1. The van der Waals surface area contributed by atoms with E-state index in [0.29, 0.717) is 24.1 Å². The Bertz CT molecular complexity index is 833. The van der Waals surface area contributed by atoms with E-state index in [1.807, 2.05) is 0 Å². The lowest BCUT2D eigenvalue weighted by atomic mass is 9.94. The average Bonchev–Trinajstić information content (AvgIpc) is 3.16. The predicted octanol–water partition coefficient (Wildman–Crippen LogP) is 4.54. The van der Waals surface area contributed by atoms with Crippen molar-refractivity contribution in [3.63, 3.8) is 0 Å². The lowest BCUT2D eigenvalue weighted by Crippen LogP contribution is -2.30. The molecular weight excluding hydrogens is 362 g/mol. The molecule has 140 valence electrons. The number of carboxylic acid groups (broad SMARTS) is 1. The number of fused-ring (bicyclic) bond motifs is 3. The highest BCUT2D eigenvalue weighted by Crippen LogP contribution is 2.49. The molecule has 0 aliphatic heterocycles. The zero-order chi connectivity index (χ0) is 18.3. The van der Waals surface area contributed by atoms with Crippen LogP contribution < -0.4 is 4.74 Å². The number of alkyl halides is 2. The topological polar surface area (TPSA) is 72.3 Å². The van der Waals surface area contributed by atoms with Gasteiger partial charge in [-0.05, 0) is 50.0 Å². The molecule has 0 radical (unpaired) electrons. The molecule has 2 aliphatic carbocycles. The molecule has 0 unspecified atom stereocenters. The molecule has 1 fully saturated rings. The molecule has 5 nitrogen and oxygen atoms in total. The molecule has 8 heteroatoms. The van der Waals surface area contributed by atoms with E-state index in [9.17, 15) is 13.6 Å². The van der Waals surface area contributed by atoms with Crippen LogP contribution in [-0.2, 0) is 11.2 Å². The first-order chi connectivity index (χ1) is 12.5. The van der Waals surface area contributed by atoms with Gasteiger partial charge in [-0.25, -0.2) is 14.8 Å². The lowest BCUT2D eigenvalue weighted by Gasteiger charge is -2.23. The highest BCUT2D eigenvalue weighted by molar-refractivity contribution is 7.19. The average molecular weight is 382 g/mol. The standard InChI is InChI=1S/C18H20F2N2O3S/c19-18(20,17(23)24)8-10-6-7-12-13(10)14-15(21-9-22-16(14)26-12)25-11-4-2-1-3-5-11/h9-11H,1-8H2,(H,23,24)/t10-/m1/s1. The van der Waals surface area contributed by atoms with Gasteiger partial charge in [-0.15, -0.1) is 11.3 Å². The van der Waals surface area contributed by atoms with Crippen molar-refractivity contribution in [1.29, 1.82) is 0 Å². The fourth-order valence-electron chi connectivity index (χ4n) is 4.07. The van der Waals surface area contributed by atoms with Crippen LogP contribution in [0.1, 0.15) is 61.3 Å². The summed E-state index contributed by atoms with van der Waals surface area (Å²) in [5.41, 5.74) is 0.775. The summed E-state index contributed by atoms with van der Waals surface area (Å²) in [6.45, 7) is 0. The Hall–Kier alpha value is -1.83. The predicted molar refractivity (Wildman–Crippen MR) is 93.2 cm³/mol. The lowest BCUT2D eigenvalue weighted by molar-refractivity contribution is -0.166. The molecule has 1 atom stereocenters. The molecule has 2 heterocycles. The smallest absolute Gasteiger partial charge is 0.374 e. The fraction of sp³-hybridized carbons (Fsp3) is 0.611. The van der Waals surface area contributed by atoms with Gasteiger partial charge in [0.25, 0.3) is 0 Å². The van der Waals surface area contributed by atoms with Gasteiger partial charge < -0.3 is 9.84 Å². The summed E-state index contributed by atoms with van der Waals surface area (Å²) in [5, 5.41) is 9.50. The van der Waals surface area contributed by atoms with Crippen LogP contribution in [0.15, 0.2) is 6.33 Å². The van der Waals surface area contributed by atoms with Crippen molar-refractivity contribution in [2.45, 2.75) is 69.3 Å². The van der Waals surface area contributed by atoms with E-state index in [1.54, 1.807) is 0 Å². The molecule has 1 saturated carbocycles. The maximum atomic E-state index is 13.8. The number of ether oxygens (including phenoxy) is 1. The van der Waals surface area contributed by atoms with Gasteiger partial charge >= 0.3 is 11.9 Å². The Balaban J connectivity index is 1.69. The molecule has 0 spiro atoms. The summed E-state index contributed by atoms with van der Waals surface area (Å²) in [6.07, 6.45) is 7.43. The molecule has 0 saturated heterocycles. The number of hydrogen-bond acceptors (Lipinski definition) is 5. The van der Waals surface area contributed by atoms with Gasteiger partial charge in [0.1, 0.15) is 17.3 Å². The van der Waals surface area contributed by atoms with Crippen LogP contribution in [-0.4, -0.2) is 33.1 Å². The highest BCUT2D eigenvalue weighted by atomic mass is 32.1. The van der Waals surface area contributed by atoms with Crippen LogP contribution in [0.3, 0.4) is 0 Å². The van der Waals surface area contributed by atoms with Crippen molar-refractivity contribution in [2.75, 3.05) is 0 Å². The Labute approximate surface area is 153 Å². The molecule has 0 bridgehead atoms. The van der Waals surface area contributed by atoms with Crippen LogP contribution in [0.5, 0.6) is 5.88 Å². The van der Waals surface area contributed by atoms with Crippen LogP contribution >= 0.6 is 11.3 Å². The highest BCUT2D eigenvalue weighted by Gasteiger charge is 2.44. The Morgan fingerprint density at radius 3 is 2.77 bits per heavy atom. The minimum Gasteiger partial charge on any atom is -0.477 e. The number of carbonyl (C=O) groups is 1. The third-order valence-electron chi connectivity index (χ3n) is 5.34. The van der Waals surface area contributed by atoms with Gasteiger partial charge in [-0.1, -0.05) is 6.42 Å². The van der Waals surface area contributed by atoms with E-state index in [0.717, 1.165) is 41.0 Å². The number of rotatable bonds is 5. The third-order valence-corrected chi connectivity index (χ3v) is 6.51. The van der Waals surface area contributed by atoms with Crippen LogP contribution in [0.4, 0.5) is 8.78 Å². The second kappa shape index (κ2) is 6.72. The molecular formula is C18H20F2N2O3S. The van der Waals surface area contributed by atoms with E-state index < -0.39 is 24.2 Å². The second-order valence-corrected chi connectivity index (χ2v) is 8.21. The van der Waals surface area contributed by atoms with Crippen molar-refractivity contribution in [1.82, 2.24) is 9.97 Å². The maximum absolute atomic E-state index is 13.8. The number of aliphatic carboxylic acids is 1. The van der Waals surface area contributed by atoms with Crippen molar-refractivity contribution >= 4 is 27.5 Å². The molecule has 4 rings (SSSR count). The molecule has 1 N–H and O–H groups in total. The molecule has 2 aliphatic rings. The minimum absolute atomic E-state index is 0.0951. The maximum Gasteiger partial charge on any atom is 0.374 e. The van der Waals surface area contributed by atoms with Gasteiger partial charge in [-0.2, -0.15) is 8.78 Å². The first-order valence-corrected chi connectivity index (χ1v) is 9.81. The number of thiophene rings is 1. The van der Waals surface area contributed by atoms with Gasteiger partial charge in [0.2, 0.25) is 5.88 Å². The minimum atomic E-state index is -3.74. The Morgan fingerprint density at radius 2 is 2.04 bits per heavy atom. The van der Waals surface area contributed by atoms with E-state index in [4.69, 9.17) is 9.84 Å². The number of carboxylic acids is 1. The van der Waals surface area contributed by atoms with Gasteiger partial charge in [0, 0.05) is 11.3 Å². The zero-order valence-corrected chi connectivity index (χ0v) is 15.0. The number of halogens is 2. The fourth-order valence-corrected chi connectivity index (χ4v) is 5.30. The van der Waals surface area contributed by atoms with E-state index in [1.165, 1.54) is 24.1 Å². The number of aromatic nitrogens is 2. The summed E-state index contributed by atoms with van der Waals surface area (Å²) in [4.78, 5) is 21.2. The Morgan fingerprint density at radius 1 is 1.27 bits per heavy atom. The van der Waals surface area contributed by atoms with Crippen molar-refractivity contribution < 1.29 is 23.4 Å². The molecule has 26 heavy (non-hydrogen) atoms. The third kappa shape index (κ3) is 3.15. The van der Waals surface area contributed by atoms with E-state index in [2.05, 4.69) is 9.97 Å². The normalized spacial score (nSPS) is 21.1. The SMILES string of the molecule is O=C(O)C(F)(F)C[C@H]1CCc2sc3ncnc(OC4CCCCC4)c3c21. The quantitative estimate of drug-likeness (QED) is 0.822. The molecule has 2 aromatic rings. The zero-order valence-electron chi connectivity index (χ0n) is 14.2. The molecule has 0 amide bonds. The number of hydrogen-bond donors (Lipinski definition) is 1. The van der Waals surface area contributed by atoms with Crippen molar-refractivity contribution in [3.05, 3.63) is 16.8 Å². The van der Waals surface area contributed by atoms with E-state index in [-0.39, 0.29) is 6.10 Å². The summed E-state index contributed by atoms with van der Waals surface area (Å²) in [6, 6.07) is 0. The molecule has 2 aromatic heterocycles. The van der Waals surface area contributed by atoms with Crippen LogP contribution in [0.2, 0.25) is 0 Å². The van der Waals surface area contributed by atoms with E-state index >= 15 is 0 Å². The summed E-state index contributed by atoms with van der Waals surface area (Å²) >= 11 is 1.48. The largest absolute Gasteiger partial charge is 0.477 e. The van der Waals surface area contributed by atoms with Crippen molar-refractivity contribution in [3.8, 4) is 5.88 Å².